The molecule has 1 amide bonds. The van der Waals surface area contributed by atoms with Crippen LogP contribution in [0, 0.1) is 0 Å². The summed E-state index contributed by atoms with van der Waals surface area (Å²) in [7, 11) is 1.42. The molecule has 1 aliphatic rings. The number of methoxy groups -OCH3 is 1. The van der Waals surface area contributed by atoms with Crippen LogP contribution in [0.3, 0.4) is 0 Å². The summed E-state index contributed by atoms with van der Waals surface area (Å²) in [5.74, 6) is -1.31. The predicted octanol–water partition coefficient (Wildman–Crippen LogP) is 2.48. The third-order valence-electron chi connectivity index (χ3n) is 4.23. The highest BCUT2D eigenvalue weighted by molar-refractivity contribution is 9.10. The van der Waals surface area contributed by atoms with E-state index in [0.717, 1.165) is 35.7 Å². The SMILES string of the molecule is COCC(NC(=O)C1(c2ccc(Br)cc2)CCCC1)C(=O)O. The van der Waals surface area contributed by atoms with Crippen LogP contribution in [0.1, 0.15) is 31.2 Å². The van der Waals surface area contributed by atoms with Gasteiger partial charge in [0.2, 0.25) is 5.91 Å². The van der Waals surface area contributed by atoms with E-state index in [1.54, 1.807) is 0 Å². The van der Waals surface area contributed by atoms with E-state index >= 15 is 0 Å². The minimum Gasteiger partial charge on any atom is -0.480 e. The van der Waals surface area contributed by atoms with Gasteiger partial charge in [-0.25, -0.2) is 4.79 Å². The van der Waals surface area contributed by atoms with Gasteiger partial charge in [-0.2, -0.15) is 0 Å². The number of halogens is 1. The Morgan fingerprint density at radius 2 is 1.91 bits per heavy atom. The molecule has 0 heterocycles. The molecule has 1 aromatic carbocycles. The van der Waals surface area contributed by atoms with E-state index in [0.29, 0.717) is 0 Å². The number of carbonyl (C=O) groups excluding carboxylic acids is 1. The zero-order valence-corrected chi connectivity index (χ0v) is 14.1. The smallest absolute Gasteiger partial charge is 0.328 e. The molecule has 0 aliphatic heterocycles. The molecule has 120 valence electrons. The summed E-state index contributed by atoms with van der Waals surface area (Å²) in [6.07, 6.45) is 3.40. The summed E-state index contributed by atoms with van der Waals surface area (Å²) < 4.78 is 5.83. The first-order valence-electron chi connectivity index (χ1n) is 7.28. The number of hydrogen-bond acceptors (Lipinski definition) is 3. The van der Waals surface area contributed by atoms with Crippen LogP contribution in [0.4, 0.5) is 0 Å². The normalized spacial score (nSPS) is 17.9. The quantitative estimate of drug-likeness (QED) is 0.807. The highest BCUT2D eigenvalue weighted by Gasteiger charge is 2.43. The monoisotopic (exact) mass is 369 g/mol. The number of hydrogen-bond donors (Lipinski definition) is 2. The van der Waals surface area contributed by atoms with Crippen LogP contribution in [-0.2, 0) is 19.7 Å². The largest absolute Gasteiger partial charge is 0.480 e. The number of carboxylic acid groups (broad SMARTS) is 1. The Morgan fingerprint density at radius 3 is 2.41 bits per heavy atom. The second-order valence-electron chi connectivity index (χ2n) is 5.62. The summed E-state index contributed by atoms with van der Waals surface area (Å²) in [5.41, 5.74) is 0.301. The van der Waals surface area contributed by atoms with Crippen molar-refractivity contribution in [3.63, 3.8) is 0 Å². The lowest BCUT2D eigenvalue weighted by atomic mass is 9.78. The van der Waals surface area contributed by atoms with Crippen molar-refractivity contribution in [2.45, 2.75) is 37.1 Å². The van der Waals surface area contributed by atoms with Gasteiger partial charge in [0.05, 0.1) is 12.0 Å². The number of ether oxygens (including phenoxy) is 1. The number of nitrogens with one attached hydrogen (secondary N) is 1. The van der Waals surface area contributed by atoms with E-state index in [2.05, 4.69) is 21.2 Å². The summed E-state index contributed by atoms with van der Waals surface area (Å²) in [4.78, 5) is 24.0. The fourth-order valence-electron chi connectivity index (χ4n) is 3.03. The summed E-state index contributed by atoms with van der Waals surface area (Å²) >= 11 is 3.39. The molecular weight excluding hydrogens is 350 g/mol. The fourth-order valence-corrected chi connectivity index (χ4v) is 3.30. The van der Waals surface area contributed by atoms with Crippen LogP contribution in [0.5, 0.6) is 0 Å². The molecule has 1 aliphatic carbocycles. The Bertz CT molecular complexity index is 538. The molecule has 1 aromatic rings. The second kappa shape index (κ2) is 7.24. The van der Waals surface area contributed by atoms with E-state index in [1.807, 2.05) is 24.3 Å². The van der Waals surface area contributed by atoms with Crippen molar-refractivity contribution >= 4 is 27.8 Å². The van der Waals surface area contributed by atoms with Crippen LogP contribution in [0.15, 0.2) is 28.7 Å². The molecule has 1 saturated carbocycles. The lowest BCUT2D eigenvalue weighted by Gasteiger charge is -2.30. The molecule has 1 unspecified atom stereocenters. The summed E-state index contributed by atoms with van der Waals surface area (Å²) in [6.45, 7) is -0.0442. The van der Waals surface area contributed by atoms with Gasteiger partial charge in [0.1, 0.15) is 0 Å². The Labute approximate surface area is 138 Å². The second-order valence-corrected chi connectivity index (χ2v) is 6.53. The Balaban J connectivity index is 2.25. The maximum atomic E-state index is 12.8. The van der Waals surface area contributed by atoms with Crippen molar-refractivity contribution in [1.82, 2.24) is 5.32 Å². The first-order valence-corrected chi connectivity index (χ1v) is 8.07. The Kier molecular flexibility index (Phi) is 5.58. The molecule has 1 fully saturated rings. The third kappa shape index (κ3) is 3.50. The topological polar surface area (TPSA) is 75.6 Å². The van der Waals surface area contributed by atoms with Crippen LogP contribution in [0.25, 0.3) is 0 Å². The van der Waals surface area contributed by atoms with Gasteiger partial charge in [-0.1, -0.05) is 40.9 Å². The van der Waals surface area contributed by atoms with Crippen molar-refractivity contribution in [3.8, 4) is 0 Å². The van der Waals surface area contributed by atoms with Gasteiger partial charge in [-0.15, -0.1) is 0 Å². The van der Waals surface area contributed by atoms with Crippen molar-refractivity contribution in [1.29, 1.82) is 0 Å². The summed E-state index contributed by atoms with van der Waals surface area (Å²) in [6, 6.07) is 6.66. The van der Waals surface area contributed by atoms with Gasteiger partial charge in [0.15, 0.2) is 6.04 Å². The van der Waals surface area contributed by atoms with Crippen molar-refractivity contribution in [2.24, 2.45) is 0 Å². The zero-order chi connectivity index (χ0) is 16.2. The van der Waals surface area contributed by atoms with Crippen LogP contribution < -0.4 is 5.32 Å². The first kappa shape index (κ1) is 17.0. The lowest BCUT2D eigenvalue weighted by Crippen LogP contribution is -2.51. The zero-order valence-electron chi connectivity index (χ0n) is 12.5. The van der Waals surface area contributed by atoms with Crippen molar-refractivity contribution < 1.29 is 19.4 Å². The van der Waals surface area contributed by atoms with Crippen molar-refractivity contribution in [2.75, 3.05) is 13.7 Å². The molecule has 0 saturated heterocycles. The molecule has 2 N–H and O–H groups in total. The molecule has 1 atom stereocenters. The van der Waals surface area contributed by atoms with Crippen molar-refractivity contribution in [3.05, 3.63) is 34.3 Å². The average Bonchev–Trinajstić information content (AvgIpc) is 2.98. The van der Waals surface area contributed by atoms with Gasteiger partial charge in [-0.3, -0.25) is 4.79 Å². The Hall–Kier alpha value is -1.40. The number of benzene rings is 1. The van der Waals surface area contributed by atoms with Gasteiger partial charge in [0.25, 0.3) is 0 Å². The first-order chi connectivity index (χ1) is 10.5. The number of amides is 1. The summed E-state index contributed by atoms with van der Waals surface area (Å²) in [5, 5.41) is 11.8. The molecule has 0 aromatic heterocycles. The van der Waals surface area contributed by atoms with Crippen LogP contribution in [0.2, 0.25) is 0 Å². The molecule has 0 spiro atoms. The maximum absolute atomic E-state index is 12.8. The number of carboxylic acids is 1. The van der Waals surface area contributed by atoms with Gasteiger partial charge < -0.3 is 15.2 Å². The highest BCUT2D eigenvalue weighted by Crippen LogP contribution is 2.41. The maximum Gasteiger partial charge on any atom is 0.328 e. The predicted molar refractivity (Wildman–Crippen MR) is 85.7 cm³/mol. The van der Waals surface area contributed by atoms with Crippen LogP contribution in [-0.4, -0.2) is 36.7 Å². The number of carbonyl (C=O) groups is 2. The number of aliphatic carboxylic acids is 1. The van der Waals surface area contributed by atoms with E-state index < -0.39 is 17.4 Å². The molecule has 22 heavy (non-hydrogen) atoms. The fraction of sp³-hybridized carbons (Fsp3) is 0.500. The van der Waals surface area contributed by atoms with Crippen LogP contribution >= 0.6 is 15.9 Å². The molecule has 2 rings (SSSR count). The lowest BCUT2D eigenvalue weighted by molar-refractivity contribution is -0.144. The molecule has 0 bridgehead atoms. The third-order valence-corrected chi connectivity index (χ3v) is 4.75. The molecule has 0 radical (unpaired) electrons. The van der Waals surface area contributed by atoms with E-state index in [9.17, 15) is 14.7 Å². The van der Waals surface area contributed by atoms with Gasteiger partial charge in [-0.05, 0) is 30.5 Å². The van der Waals surface area contributed by atoms with E-state index in [4.69, 9.17) is 4.74 Å². The van der Waals surface area contributed by atoms with Gasteiger partial charge >= 0.3 is 5.97 Å². The molecular formula is C16H20BrNO4. The highest BCUT2D eigenvalue weighted by atomic mass is 79.9. The van der Waals surface area contributed by atoms with E-state index in [-0.39, 0.29) is 12.5 Å². The molecule has 6 heteroatoms. The minimum absolute atomic E-state index is 0.0442. The van der Waals surface area contributed by atoms with Gasteiger partial charge in [0, 0.05) is 11.6 Å². The minimum atomic E-state index is -1.08. The van der Waals surface area contributed by atoms with E-state index in [1.165, 1.54) is 7.11 Å². The Morgan fingerprint density at radius 1 is 1.32 bits per heavy atom. The number of rotatable bonds is 6. The molecule has 5 nitrogen and oxygen atoms in total. The average molecular weight is 370 g/mol. The standard InChI is InChI=1S/C16H20BrNO4/c1-22-10-13(14(19)20)18-15(21)16(8-2-3-9-16)11-4-6-12(17)7-5-11/h4-7,13H,2-3,8-10H2,1H3,(H,18,21)(H,19,20).